The van der Waals surface area contributed by atoms with E-state index in [9.17, 15) is 0 Å². The maximum absolute atomic E-state index is 4.68. The summed E-state index contributed by atoms with van der Waals surface area (Å²) in [5.41, 5.74) is 0. The third-order valence-electron chi connectivity index (χ3n) is 3.20. The summed E-state index contributed by atoms with van der Waals surface area (Å²) in [6, 6.07) is 2.02. The summed E-state index contributed by atoms with van der Waals surface area (Å²) in [6.45, 7) is 1.99. The molecule has 1 aromatic heterocycles. The molecule has 0 radical (unpaired) electrons. The number of anilines is 2. The molecule has 1 aliphatic carbocycles. The molecule has 0 aliphatic heterocycles. The maximum atomic E-state index is 4.68. The molecule has 1 saturated carbocycles. The lowest BCUT2D eigenvalue weighted by atomic mass is 10.3. The van der Waals surface area contributed by atoms with Gasteiger partial charge in [-0.1, -0.05) is 0 Å². The van der Waals surface area contributed by atoms with Crippen molar-refractivity contribution >= 4 is 11.6 Å². The molecule has 2 rings (SSSR count). The first-order valence-corrected chi connectivity index (χ1v) is 6.52. The van der Waals surface area contributed by atoms with E-state index < -0.39 is 0 Å². The van der Waals surface area contributed by atoms with E-state index in [1.165, 1.54) is 12.8 Å². The van der Waals surface area contributed by atoms with E-state index in [4.69, 9.17) is 0 Å². The molecule has 5 nitrogen and oxygen atoms in total. The first-order valence-electron chi connectivity index (χ1n) is 6.52. The molecule has 0 spiro atoms. The normalized spacial score (nSPS) is 14.9. The fraction of sp³-hybridized carbons (Fsp3) is 0.692. The van der Waals surface area contributed by atoms with Crippen LogP contribution in [0.1, 0.15) is 24.6 Å². The lowest BCUT2D eigenvalue weighted by Gasteiger charge is -2.21. The molecule has 1 aromatic rings. The van der Waals surface area contributed by atoms with Crippen molar-refractivity contribution in [2.45, 2.75) is 18.8 Å². The van der Waals surface area contributed by atoms with E-state index in [1.807, 2.05) is 13.1 Å². The number of hydrogen-bond acceptors (Lipinski definition) is 5. The molecule has 0 aromatic carbocycles. The van der Waals surface area contributed by atoms with Gasteiger partial charge in [0, 0.05) is 39.2 Å². The third-order valence-corrected chi connectivity index (χ3v) is 3.20. The summed E-state index contributed by atoms with van der Waals surface area (Å²) >= 11 is 0. The standard InChI is InChI=1S/C13H23N5/c1-14-11-9-12(18(4)8-7-17(2)3)16-13(15-11)10-5-6-10/h9-10H,5-8H2,1-4H3,(H,14,15,16). The smallest absolute Gasteiger partial charge is 0.136 e. The Kier molecular flexibility index (Phi) is 4.01. The number of hydrogen-bond donors (Lipinski definition) is 1. The molecule has 0 saturated heterocycles. The fourth-order valence-electron chi connectivity index (χ4n) is 1.76. The van der Waals surface area contributed by atoms with E-state index in [-0.39, 0.29) is 0 Å². The molecular formula is C13H23N5. The number of nitrogens with one attached hydrogen (secondary N) is 1. The van der Waals surface area contributed by atoms with Crippen molar-refractivity contribution in [3.63, 3.8) is 0 Å². The highest BCUT2D eigenvalue weighted by Gasteiger charge is 2.27. The van der Waals surface area contributed by atoms with Crippen molar-refractivity contribution in [3.8, 4) is 0 Å². The van der Waals surface area contributed by atoms with Gasteiger partial charge < -0.3 is 15.1 Å². The molecule has 1 N–H and O–H groups in total. The van der Waals surface area contributed by atoms with Gasteiger partial charge in [0.25, 0.3) is 0 Å². The van der Waals surface area contributed by atoms with Crippen LogP contribution in [0.2, 0.25) is 0 Å². The number of likely N-dealkylation sites (N-methyl/N-ethyl adjacent to an activating group) is 2. The van der Waals surface area contributed by atoms with E-state index >= 15 is 0 Å². The Balaban J connectivity index is 2.12. The molecule has 18 heavy (non-hydrogen) atoms. The quantitative estimate of drug-likeness (QED) is 0.825. The zero-order chi connectivity index (χ0) is 13.1. The molecule has 5 heteroatoms. The summed E-state index contributed by atoms with van der Waals surface area (Å²) in [6.07, 6.45) is 2.46. The average molecular weight is 249 g/mol. The highest BCUT2D eigenvalue weighted by molar-refractivity contribution is 5.49. The van der Waals surface area contributed by atoms with Gasteiger partial charge in [-0.05, 0) is 26.9 Å². The minimum absolute atomic E-state index is 0.583. The van der Waals surface area contributed by atoms with Crippen LogP contribution in [-0.2, 0) is 0 Å². The van der Waals surface area contributed by atoms with Gasteiger partial charge in [-0.15, -0.1) is 0 Å². The van der Waals surface area contributed by atoms with Crippen LogP contribution in [0.5, 0.6) is 0 Å². The van der Waals surface area contributed by atoms with Crippen molar-refractivity contribution in [2.24, 2.45) is 0 Å². The van der Waals surface area contributed by atoms with Gasteiger partial charge >= 0.3 is 0 Å². The van der Waals surface area contributed by atoms with Gasteiger partial charge in [0.05, 0.1) is 0 Å². The number of aromatic nitrogens is 2. The van der Waals surface area contributed by atoms with Gasteiger partial charge in [0.2, 0.25) is 0 Å². The van der Waals surface area contributed by atoms with Gasteiger partial charge in [0.15, 0.2) is 0 Å². The van der Waals surface area contributed by atoms with Crippen molar-refractivity contribution < 1.29 is 0 Å². The van der Waals surface area contributed by atoms with Crippen LogP contribution in [0.4, 0.5) is 11.6 Å². The van der Waals surface area contributed by atoms with Crippen LogP contribution in [0, 0.1) is 0 Å². The third kappa shape index (κ3) is 3.32. The fourth-order valence-corrected chi connectivity index (χ4v) is 1.76. The van der Waals surface area contributed by atoms with E-state index in [1.54, 1.807) is 0 Å². The van der Waals surface area contributed by atoms with Crippen LogP contribution in [0.25, 0.3) is 0 Å². The van der Waals surface area contributed by atoms with Crippen LogP contribution in [0.15, 0.2) is 6.07 Å². The second-order valence-corrected chi connectivity index (χ2v) is 5.22. The minimum Gasteiger partial charge on any atom is -0.373 e. The number of rotatable bonds is 6. The van der Waals surface area contributed by atoms with Gasteiger partial charge in [-0.3, -0.25) is 0 Å². The zero-order valence-corrected chi connectivity index (χ0v) is 11.8. The van der Waals surface area contributed by atoms with Crippen molar-refractivity contribution in [2.75, 3.05) is 51.5 Å². The maximum Gasteiger partial charge on any atom is 0.136 e. The lowest BCUT2D eigenvalue weighted by Crippen LogP contribution is -2.29. The topological polar surface area (TPSA) is 44.3 Å². The Labute approximate surface area is 109 Å². The molecule has 0 unspecified atom stereocenters. The second-order valence-electron chi connectivity index (χ2n) is 5.22. The summed E-state index contributed by atoms with van der Waals surface area (Å²) < 4.78 is 0. The summed E-state index contributed by atoms with van der Waals surface area (Å²) in [5, 5.41) is 3.12. The highest BCUT2D eigenvalue weighted by Crippen LogP contribution is 2.39. The van der Waals surface area contributed by atoms with Crippen molar-refractivity contribution in [1.82, 2.24) is 14.9 Å². The minimum atomic E-state index is 0.583. The summed E-state index contributed by atoms with van der Waals surface area (Å²) in [7, 11) is 8.16. The molecule has 1 heterocycles. The Morgan fingerprint density at radius 3 is 2.50 bits per heavy atom. The number of nitrogens with zero attached hydrogens (tertiary/aromatic N) is 4. The van der Waals surface area contributed by atoms with Gasteiger partial charge in [-0.25, -0.2) is 9.97 Å². The molecular weight excluding hydrogens is 226 g/mol. The molecule has 1 fully saturated rings. The zero-order valence-electron chi connectivity index (χ0n) is 11.8. The average Bonchev–Trinajstić information content (AvgIpc) is 3.19. The molecule has 0 bridgehead atoms. The van der Waals surface area contributed by atoms with Gasteiger partial charge in [-0.2, -0.15) is 0 Å². The van der Waals surface area contributed by atoms with Crippen molar-refractivity contribution in [1.29, 1.82) is 0 Å². The van der Waals surface area contributed by atoms with Crippen LogP contribution in [0.3, 0.4) is 0 Å². The Hall–Kier alpha value is -1.36. The molecule has 0 atom stereocenters. The van der Waals surface area contributed by atoms with Crippen molar-refractivity contribution in [3.05, 3.63) is 11.9 Å². The molecule has 100 valence electrons. The monoisotopic (exact) mass is 249 g/mol. The lowest BCUT2D eigenvalue weighted by molar-refractivity contribution is 0.416. The van der Waals surface area contributed by atoms with Crippen LogP contribution >= 0.6 is 0 Å². The predicted molar refractivity (Wildman–Crippen MR) is 75.4 cm³/mol. The van der Waals surface area contributed by atoms with Crippen LogP contribution in [-0.4, -0.2) is 56.1 Å². The van der Waals surface area contributed by atoms with Gasteiger partial charge in [0.1, 0.15) is 17.5 Å². The Morgan fingerprint density at radius 1 is 1.22 bits per heavy atom. The summed E-state index contributed by atoms with van der Waals surface area (Å²) in [5.74, 6) is 3.50. The highest BCUT2D eigenvalue weighted by atomic mass is 15.2. The Bertz CT molecular complexity index is 400. The molecule has 0 amide bonds. The first-order chi connectivity index (χ1) is 8.60. The predicted octanol–water partition coefficient (Wildman–Crippen LogP) is 1.39. The van der Waals surface area contributed by atoms with E-state index in [0.717, 1.165) is 30.5 Å². The second kappa shape index (κ2) is 5.52. The summed E-state index contributed by atoms with van der Waals surface area (Å²) in [4.78, 5) is 13.6. The van der Waals surface area contributed by atoms with E-state index in [0.29, 0.717) is 5.92 Å². The largest absolute Gasteiger partial charge is 0.373 e. The van der Waals surface area contributed by atoms with Crippen LogP contribution < -0.4 is 10.2 Å². The first kappa shape index (κ1) is 13.1. The SMILES string of the molecule is CNc1cc(N(C)CCN(C)C)nc(C2CC2)n1. The Morgan fingerprint density at radius 2 is 1.94 bits per heavy atom. The van der Waals surface area contributed by atoms with E-state index in [2.05, 4.69) is 46.2 Å². The molecule has 1 aliphatic rings.